The highest BCUT2D eigenvalue weighted by Crippen LogP contribution is 2.34. The van der Waals surface area contributed by atoms with Gasteiger partial charge in [0.2, 0.25) is 0 Å². The van der Waals surface area contributed by atoms with Crippen molar-refractivity contribution in [3.05, 3.63) is 70.7 Å². The van der Waals surface area contributed by atoms with E-state index >= 15 is 0 Å². The van der Waals surface area contributed by atoms with Crippen molar-refractivity contribution in [1.29, 1.82) is 0 Å². The number of nitrogens with one attached hydrogen (secondary N) is 1. The Morgan fingerprint density at radius 3 is 1.97 bits per heavy atom. The molecule has 184 valence electrons. The highest BCUT2D eigenvalue weighted by atomic mass is 35.5. The third kappa shape index (κ3) is 5.94. The lowest BCUT2D eigenvalue weighted by Gasteiger charge is -2.42. The minimum atomic E-state index is -1.14. The monoisotopic (exact) mass is 503 g/mol. The lowest BCUT2D eigenvalue weighted by atomic mass is 9.78. The number of benzene rings is 2. The summed E-state index contributed by atoms with van der Waals surface area (Å²) < 4.78 is 0. The predicted molar refractivity (Wildman–Crippen MR) is 139 cm³/mol. The minimum absolute atomic E-state index is 0. The normalized spacial score (nSPS) is 19.7. The first-order valence-electron chi connectivity index (χ1n) is 12.0. The third-order valence-electron chi connectivity index (χ3n) is 7.51. The van der Waals surface area contributed by atoms with Gasteiger partial charge in [-0.2, -0.15) is 0 Å². The van der Waals surface area contributed by atoms with E-state index in [1.165, 1.54) is 25.9 Å². The van der Waals surface area contributed by atoms with Crippen molar-refractivity contribution < 1.29 is 9.59 Å². The summed E-state index contributed by atoms with van der Waals surface area (Å²) in [6.45, 7) is 5.66. The average molecular weight is 505 g/mol. The zero-order valence-electron chi connectivity index (χ0n) is 20.0. The molecule has 2 aliphatic rings. The Bertz CT molecular complexity index is 954. The summed E-state index contributed by atoms with van der Waals surface area (Å²) in [5.41, 5.74) is 0.128. The number of nitrogens with zero attached hydrogens (tertiary/aromatic N) is 2. The predicted octanol–water partition coefficient (Wildman–Crippen LogP) is 4.99. The van der Waals surface area contributed by atoms with Crippen molar-refractivity contribution in [3.8, 4) is 0 Å². The summed E-state index contributed by atoms with van der Waals surface area (Å²) in [6.07, 6.45) is 4.59. The van der Waals surface area contributed by atoms with Gasteiger partial charge < -0.3 is 15.1 Å². The summed E-state index contributed by atoms with van der Waals surface area (Å²) >= 11 is 5.98. The Morgan fingerprint density at radius 2 is 1.41 bits per heavy atom. The highest BCUT2D eigenvalue weighted by Gasteiger charge is 2.41. The summed E-state index contributed by atoms with van der Waals surface area (Å²) in [6, 6.07) is 16.3. The van der Waals surface area contributed by atoms with Crippen LogP contribution in [0, 0.1) is 11.8 Å². The number of hydrogen-bond donors (Lipinski definition) is 1. The van der Waals surface area contributed by atoms with E-state index < -0.39 is 5.54 Å². The van der Waals surface area contributed by atoms with Gasteiger partial charge in [-0.05, 0) is 94.4 Å². The van der Waals surface area contributed by atoms with Gasteiger partial charge in [-0.1, -0.05) is 41.9 Å². The summed E-state index contributed by atoms with van der Waals surface area (Å²) in [7, 11) is 2.19. The summed E-state index contributed by atoms with van der Waals surface area (Å²) in [4.78, 5) is 31.3. The molecule has 0 unspecified atom stereocenters. The summed E-state index contributed by atoms with van der Waals surface area (Å²) in [5.74, 6) is 1.13. The van der Waals surface area contributed by atoms with Crippen molar-refractivity contribution >= 4 is 35.8 Å². The van der Waals surface area contributed by atoms with E-state index in [4.69, 9.17) is 11.6 Å². The molecule has 0 spiro atoms. The fourth-order valence-electron chi connectivity index (χ4n) is 5.31. The molecule has 2 fully saturated rings. The van der Waals surface area contributed by atoms with Crippen molar-refractivity contribution in [3.63, 3.8) is 0 Å². The van der Waals surface area contributed by atoms with Gasteiger partial charge in [0.1, 0.15) is 5.54 Å². The number of rotatable bonds is 5. The molecule has 2 aliphatic heterocycles. The molecule has 2 aromatic carbocycles. The first-order chi connectivity index (χ1) is 15.9. The van der Waals surface area contributed by atoms with Gasteiger partial charge in [-0.15, -0.1) is 12.4 Å². The molecule has 4 rings (SSSR count). The molecule has 0 radical (unpaired) electrons. The number of likely N-dealkylation sites (tertiary alicyclic amines) is 2. The molecule has 1 atom stereocenters. The molecule has 5 nitrogen and oxygen atoms in total. The Labute approximate surface area is 214 Å². The number of halogens is 2. The molecule has 0 aliphatic carbocycles. The maximum Gasteiger partial charge on any atom is 0.252 e. The van der Waals surface area contributed by atoms with Crippen LogP contribution in [0.4, 0.5) is 0 Å². The fourth-order valence-corrected chi connectivity index (χ4v) is 5.44. The first kappa shape index (κ1) is 26.5. The van der Waals surface area contributed by atoms with Crippen LogP contribution in [0.3, 0.4) is 0 Å². The smallest absolute Gasteiger partial charge is 0.252 e. The second-order valence-electron chi connectivity index (χ2n) is 9.72. The van der Waals surface area contributed by atoms with Gasteiger partial charge in [0.25, 0.3) is 11.8 Å². The van der Waals surface area contributed by atoms with Crippen LogP contribution in [0.15, 0.2) is 54.6 Å². The Hall–Kier alpha value is -2.08. The van der Waals surface area contributed by atoms with Crippen LogP contribution in [0.2, 0.25) is 5.02 Å². The molecule has 34 heavy (non-hydrogen) atoms. The number of piperidine rings is 2. The quantitative estimate of drug-likeness (QED) is 0.625. The maximum absolute atomic E-state index is 13.9. The zero-order valence-corrected chi connectivity index (χ0v) is 21.6. The topological polar surface area (TPSA) is 52.6 Å². The molecule has 0 bridgehead atoms. The zero-order chi connectivity index (χ0) is 23.4. The third-order valence-corrected chi connectivity index (χ3v) is 7.76. The van der Waals surface area contributed by atoms with E-state index in [0.717, 1.165) is 37.4 Å². The van der Waals surface area contributed by atoms with E-state index in [-0.39, 0.29) is 24.2 Å². The standard InChI is InChI=1S/C27H34ClN3O2.ClH/c1-27(23-6-4-3-5-7-23,29-25(32)22-8-10-24(28)11-9-22)26(33)31-18-14-21(15-19-31)20-12-16-30(2)17-13-20;/h3-11,20-21H,12-19H2,1-2H3,(H,29,32);1H/t27-;/m0./s1. The maximum atomic E-state index is 13.9. The van der Waals surface area contributed by atoms with E-state index in [9.17, 15) is 9.59 Å². The number of hydrogen-bond acceptors (Lipinski definition) is 3. The first-order valence-corrected chi connectivity index (χ1v) is 12.4. The van der Waals surface area contributed by atoms with E-state index in [2.05, 4.69) is 17.3 Å². The van der Waals surface area contributed by atoms with Gasteiger partial charge >= 0.3 is 0 Å². The fraction of sp³-hybridized carbons (Fsp3) is 0.481. The molecule has 2 saturated heterocycles. The van der Waals surface area contributed by atoms with Crippen LogP contribution in [0.5, 0.6) is 0 Å². The van der Waals surface area contributed by atoms with Crippen LogP contribution in [0.25, 0.3) is 0 Å². The Kier molecular flexibility index (Phi) is 9.02. The molecule has 2 amide bonds. The molecule has 2 aromatic rings. The van der Waals surface area contributed by atoms with E-state index in [1.807, 2.05) is 42.2 Å². The Morgan fingerprint density at radius 1 is 0.882 bits per heavy atom. The molecule has 1 N–H and O–H groups in total. The molecular formula is C27H35Cl2N3O2. The van der Waals surface area contributed by atoms with Gasteiger partial charge in [-0.3, -0.25) is 9.59 Å². The van der Waals surface area contributed by atoms with E-state index in [0.29, 0.717) is 16.5 Å². The van der Waals surface area contributed by atoms with Crippen LogP contribution in [-0.4, -0.2) is 54.8 Å². The largest absolute Gasteiger partial charge is 0.340 e. The Balaban J connectivity index is 0.00000324. The summed E-state index contributed by atoms with van der Waals surface area (Å²) in [5, 5.41) is 3.61. The van der Waals surface area contributed by atoms with Crippen LogP contribution in [-0.2, 0) is 10.3 Å². The van der Waals surface area contributed by atoms with Crippen LogP contribution in [0.1, 0.15) is 48.5 Å². The molecule has 2 heterocycles. The SMILES string of the molecule is CN1CCC(C2CCN(C(=O)[C@@](C)(NC(=O)c3ccc(Cl)cc3)c3ccccc3)CC2)CC1.Cl. The molecule has 0 aromatic heterocycles. The number of carbonyl (C=O) groups excluding carboxylic acids is 2. The molecule has 0 saturated carbocycles. The van der Waals surface area contributed by atoms with Crippen LogP contribution >= 0.6 is 24.0 Å². The van der Waals surface area contributed by atoms with Crippen LogP contribution < -0.4 is 5.32 Å². The van der Waals surface area contributed by atoms with Crippen molar-refractivity contribution in [1.82, 2.24) is 15.1 Å². The lowest BCUT2D eigenvalue weighted by Crippen LogP contribution is -2.57. The molecular weight excluding hydrogens is 469 g/mol. The molecule has 7 heteroatoms. The number of amides is 2. The van der Waals surface area contributed by atoms with Gasteiger partial charge in [0, 0.05) is 23.7 Å². The lowest BCUT2D eigenvalue weighted by molar-refractivity contribution is -0.139. The second kappa shape index (κ2) is 11.6. The van der Waals surface area contributed by atoms with E-state index in [1.54, 1.807) is 24.3 Å². The van der Waals surface area contributed by atoms with Gasteiger partial charge in [-0.25, -0.2) is 0 Å². The highest BCUT2D eigenvalue weighted by molar-refractivity contribution is 6.30. The van der Waals surface area contributed by atoms with Gasteiger partial charge in [0.05, 0.1) is 0 Å². The second-order valence-corrected chi connectivity index (χ2v) is 10.2. The van der Waals surface area contributed by atoms with Crippen molar-refractivity contribution in [2.75, 3.05) is 33.2 Å². The number of carbonyl (C=O) groups is 2. The van der Waals surface area contributed by atoms with Crippen molar-refractivity contribution in [2.24, 2.45) is 11.8 Å². The van der Waals surface area contributed by atoms with Gasteiger partial charge in [0.15, 0.2) is 0 Å². The average Bonchev–Trinajstić information content (AvgIpc) is 2.85. The van der Waals surface area contributed by atoms with Crippen molar-refractivity contribution in [2.45, 2.75) is 38.1 Å². The minimum Gasteiger partial charge on any atom is -0.340 e.